The standard InChI is InChI=1S/C21H22N4O2S/c1-3-18-19(28-21(22)24-18)20(26)25-23-12-16-5-4-6-17(11-16)27-13-15-9-7-14(2)8-10-15/h4-12H,3,13H2,1-2H3,(H2,22,24)(H,25,26)/b23-12-. The van der Waals surface area contributed by atoms with Crippen molar-refractivity contribution >= 4 is 28.6 Å². The maximum atomic E-state index is 12.2. The monoisotopic (exact) mass is 394 g/mol. The van der Waals surface area contributed by atoms with Crippen LogP contribution in [0.2, 0.25) is 0 Å². The normalized spacial score (nSPS) is 10.9. The lowest BCUT2D eigenvalue weighted by molar-refractivity contribution is 0.0958. The van der Waals surface area contributed by atoms with Crippen molar-refractivity contribution in [2.24, 2.45) is 5.10 Å². The molecule has 0 aliphatic carbocycles. The second-order valence-electron chi connectivity index (χ2n) is 6.23. The Hall–Kier alpha value is -3.19. The van der Waals surface area contributed by atoms with E-state index in [1.165, 1.54) is 5.56 Å². The molecule has 0 radical (unpaired) electrons. The second kappa shape index (κ2) is 9.14. The van der Waals surface area contributed by atoms with Crippen LogP contribution in [0.15, 0.2) is 53.6 Å². The number of amides is 1. The smallest absolute Gasteiger partial charge is 0.283 e. The molecule has 0 atom stereocenters. The Labute approximate surface area is 168 Å². The lowest BCUT2D eigenvalue weighted by atomic mass is 10.2. The molecule has 0 saturated heterocycles. The Morgan fingerprint density at radius 1 is 1.29 bits per heavy atom. The summed E-state index contributed by atoms with van der Waals surface area (Å²) in [6.45, 7) is 4.47. The molecule has 0 bridgehead atoms. The summed E-state index contributed by atoms with van der Waals surface area (Å²) in [5.41, 5.74) is 12.0. The lowest BCUT2D eigenvalue weighted by Crippen LogP contribution is -2.17. The molecule has 1 heterocycles. The molecule has 2 aromatic carbocycles. The summed E-state index contributed by atoms with van der Waals surface area (Å²) in [6.07, 6.45) is 2.22. The van der Waals surface area contributed by atoms with E-state index in [1.807, 2.05) is 43.3 Å². The molecule has 28 heavy (non-hydrogen) atoms. The molecule has 0 unspecified atom stereocenters. The quantitative estimate of drug-likeness (QED) is 0.469. The van der Waals surface area contributed by atoms with E-state index in [0.29, 0.717) is 28.7 Å². The number of hydrogen-bond donors (Lipinski definition) is 2. The van der Waals surface area contributed by atoms with Gasteiger partial charge in [0.2, 0.25) is 0 Å². The molecule has 3 N–H and O–H groups in total. The van der Waals surface area contributed by atoms with Crippen LogP contribution in [0.5, 0.6) is 5.75 Å². The molecule has 1 aromatic heterocycles. The number of thiazole rings is 1. The van der Waals surface area contributed by atoms with E-state index < -0.39 is 0 Å². The number of nitrogens with zero attached hydrogens (tertiary/aromatic N) is 2. The molecular weight excluding hydrogens is 372 g/mol. The zero-order valence-electron chi connectivity index (χ0n) is 15.8. The number of carbonyl (C=O) groups excluding carboxylic acids is 1. The second-order valence-corrected chi connectivity index (χ2v) is 7.26. The Morgan fingerprint density at radius 3 is 2.82 bits per heavy atom. The van der Waals surface area contributed by atoms with Crippen LogP contribution in [-0.4, -0.2) is 17.1 Å². The number of hydrogen-bond acceptors (Lipinski definition) is 6. The van der Waals surface area contributed by atoms with E-state index in [1.54, 1.807) is 6.21 Å². The number of anilines is 1. The molecule has 0 saturated carbocycles. The van der Waals surface area contributed by atoms with Gasteiger partial charge in [-0.2, -0.15) is 5.10 Å². The van der Waals surface area contributed by atoms with Gasteiger partial charge >= 0.3 is 0 Å². The van der Waals surface area contributed by atoms with Gasteiger partial charge in [0, 0.05) is 0 Å². The van der Waals surface area contributed by atoms with Gasteiger partial charge in [-0.3, -0.25) is 4.79 Å². The van der Waals surface area contributed by atoms with Crippen molar-refractivity contribution in [1.29, 1.82) is 0 Å². The van der Waals surface area contributed by atoms with Gasteiger partial charge in [0.05, 0.1) is 11.9 Å². The summed E-state index contributed by atoms with van der Waals surface area (Å²) in [7, 11) is 0. The van der Waals surface area contributed by atoms with Crippen molar-refractivity contribution in [2.75, 3.05) is 5.73 Å². The van der Waals surface area contributed by atoms with Gasteiger partial charge in [-0.15, -0.1) is 0 Å². The number of nitrogens with one attached hydrogen (secondary N) is 1. The maximum Gasteiger partial charge on any atom is 0.283 e. The number of nitrogen functional groups attached to an aromatic ring is 1. The van der Waals surface area contributed by atoms with E-state index >= 15 is 0 Å². The number of nitrogens with two attached hydrogens (primary N) is 1. The van der Waals surface area contributed by atoms with Crippen LogP contribution in [0.25, 0.3) is 0 Å². The van der Waals surface area contributed by atoms with E-state index in [-0.39, 0.29) is 5.91 Å². The van der Waals surface area contributed by atoms with Crippen molar-refractivity contribution in [3.05, 3.63) is 75.8 Å². The molecule has 0 fully saturated rings. The summed E-state index contributed by atoms with van der Waals surface area (Å²) >= 11 is 1.16. The Balaban J connectivity index is 1.59. The fraction of sp³-hybridized carbons (Fsp3) is 0.190. The van der Waals surface area contributed by atoms with Gasteiger partial charge in [0.15, 0.2) is 5.13 Å². The summed E-state index contributed by atoms with van der Waals surface area (Å²) in [5, 5.41) is 4.41. The first-order chi connectivity index (χ1) is 13.5. The average Bonchev–Trinajstić information content (AvgIpc) is 3.09. The van der Waals surface area contributed by atoms with Crippen molar-refractivity contribution in [3.8, 4) is 5.75 Å². The van der Waals surface area contributed by atoms with Crippen LogP contribution in [-0.2, 0) is 13.0 Å². The minimum Gasteiger partial charge on any atom is -0.489 e. The highest BCUT2D eigenvalue weighted by Crippen LogP contribution is 2.20. The van der Waals surface area contributed by atoms with Gasteiger partial charge in [-0.1, -0.05) is 60.2 Å². The third-order valence-corrected chi connectivity index (χ3v) is 4.94. The number of carbonyl (C=O) groups is 1. The first-order valence-electron chi connectivity index (χ1n) is 8.92. The molecule has 0 aliphatic rings. The minimum absolute atomic E-state index is 0.311. The average molecular weight is 395 g/mol. The summed E-state index contributed by atoms with van der Waals surface area (Å²) in [5.74, 6) is 0.424. The summed E-state index contributed by atoms with van der Waals surface area (Å²) in [6, 6.07) is 15.7. The molecule has 0 aliphatic heterocycles. The lowest BCUT2D eigenvalue weighted by Gasteiger charge is -2.07. The van der Waals surface area contributed by atoms with Gasteiger partial charge in [-0.25, -0.2) is 10.4 Å². The highest BCUT2D eigenvalue weighted by Gasteiger charge is 2.15. The molecule has 3 aromatic rings. The van der Waals surface area contributed by atoms with E-state index in [4.69, 9.17) is 10.5 Å². The predicted molar refractivity (Wildman–Crippen MR) is 113 cm³/mol. The van der Waals surface area contributed by atoms with Crippen molar-refractivity contribution in [1.82, 2.24) is 10.4 Å². The first kappa shape index (κ1) is 19.6. The van der Waals surface area contributed by atoms with Crippen LogP contribution in [0.4, 0.5) is 5.13 Å². The van der Waals surface area contributed by atoms with Crippen LogP contribution in [0.1, 0.15) is 39.0 Å². The molecule has 0 spiro atoms. The number of aromatic nitrogens is 1. The third kappa shape index (κ3) is 5.17. The molecule has 7 heteroatoms. The van der Waals surface area contributed by atoms with Crippen molar-refractivity contribution in [2.45, 2.75) is 26.9 Å². The van der Waals surface area contributed by atoms with Crippen molar-refractivity contribution < 1.29 is 9.53 Å². The summed E-state index contributed by atoms with van der Waals surface area (Å²) < 4.78 is 5.83. The predicted octanol–water partition coefficient (Wildman–Crippen LogP) is 3.94. The number of hydrazone groups is 1. The summed E-state index contributed by atoms with van der Waals surface area (Å²) in [4.78, 5) is 16.9. The Bertz CT molecular complexity index is 980. The molecule has 144 valence electrons. The van der Waals surface area contributed by atoms with Crippen LogP contribution < -0.4 is 15.9 Å². The SMILES string of the molecule is CCc1nc(N)sc1C(=O)N/N=C\c1cccc(OCc2ccc(C)cc2)c1. The highest BCUT2D eigenvalue weighted by atomic mass is 32.1. The van der Waals surface area contributed by atoms with E-state index in [0.717, 1.165) is 28.2 Å². The third-order valence-electron chi connectivity index (χ3n) is 4.02. The zero-order valence-corrected chi connectivity index (χ0v) is 16.6. The van der Waals surface area contributed by atoms with Gasteiger partial charge in [-0.05, 0) is 36.6 Å². The van der Waals surface area contributed by atoms with Gasteiger partial charge in [0.25, 0.3) is 5.91 Å². The molecule has 1 amide bonds. The first-order valence-corrected chi connectivity index (χ1v) is 9.73. The minimum atomic E-state index is -0.311. The topological polar surface area (TPSA) is 89.6 Å². The molecular formula is C21H22N4O2S. The number of rotatable bonds is 7. The number of aryl methyl sites for hydroxylation is 2. The van der Waals surface area contributed by atoms with Crippen LogP contribution in [0, 0.1) is 6.92 Å². The molecule has 3 rings (SSSR count). The van der Waals surface area contributed by atoms with Crippen LogP contribution >= 0.6 is 11.3 Å². The van der Waals surface area contributed by atoms with Crippen LogP contribution in [0.3, 0.4) is 0 Å². The zero-order chi connectivity index (χ0) is 19.9. The highest BCUT2D eigenvalue weighted by molar-refractivity contribution is 7.17. The Kier molecular flexibility index (Phi) is 6.39. The van der Waals surface area contributed by atoms with E-state index in [9.17, 15) is 4.79 Å². The largest absolute Gasteiger partial charge is 0.489 e. The fourth-order valence-corrected chi connectivity index (χ4v) is 3.35. The number of benzene rings is 2. The maximum absolute atomic E-state index is 12.2. The Morgan fingerprint density at radius 2 is 2.07 bits per heavy atom. The van der Waals surface area contributed by atoms with E-state index in [2.05, 4.69) is 34.6 Å². The number of ether oxygens (including phenoxy) is 1. The fourth-order valence-electron chi connectivity index (χ4n) is 2.54. The van der Waals surface area contributed by atoms with Crippen molar-refractivity contribution in [3.63, 3.8) is 0 Å². The molecule has 6 nitrogen and oxygen atoms in total. The van der Waals surface area contributed by atoms with Gasteiger partial charge < -0.3 is 10.5 Å². The van der Waals surface area contributed by atoms with Gasteiger partial charge in [0.1, 0.15) is 17.2 Å².